The molecule has 0 bridgehead atoms. The maximum absolute atomic E-state index is 12.9. The molecule has 2 aromatic carbocycles. The smallest absolute Gasteiger partial charge is 0.335 e. The molecule has 0 atom stereocenters. The van der Waals surface area contributed by atoms with E-state index in [0.717, 1.165) is 4.90 Å². The molecule has 4 rings (SSSR count). The average molecular weight is 462 g/mol. The van der Waals surface area contributed by atoms with Crippen LogP contribution in [0.5, 0.6) is 0 Å². The molecule has 9 heteroatoms. The summed E-state index contributed by atoms with van der Waals surface area (Å²) in [6, 6.07) is 13.4. The van der Waals surface area contributed by atoms with Crippen LogP contribution in [0.3, 0.4) is 0 Å². The third kappa shape index (κ3) is 3.85. The lowest BCUT2D eigenvalue weighted by atomic mass is 10.1. The van der Waals surface area contributed by atoms with Crippen molar-refractivity contribution in [3.8, 4) is 11.3 Å². The highest BCUT2D eigenvalue weighted by atomic mass is 35.5. The molecule has 1 aliphatic rings. The van der Waals surface area contributed by atoms with Gasteiger partial charge in [-0.25, -0.2) is 9.69 Å². The van der Waals surface area contributed by atoms with Crippen LogP contribution in [0.15, 0.2) is 64.6 Å². The Hall–Kier alpha value is -3.06. The van der Waals surface area contributed by atoms with Crippen molar-refractivity contribution in [1.29, 1.82) is 0 Å². The molecule has 30 heavy (non-hydrogen) atoms. The van der Waals surface area contributed by atoms with Crippen molar-refractivity contribution >= 4 is 64.4 Å². The van der Waals surface area contributed by atoms with Crippen molar-refractivity contribution < 1.29 is 18.8 Å². The fourth-order valence-electron chi connectivity index (χ4n) is 2.89. The highest BCUT2D eigenvalue weighted by Gasteiger charge is 2.37. The zero-order chi connectivity index (χ0) is 21.4. The molecule has 0 spiro atoms. The molecule has 0 saturated carbocycles. The Kier molecular flexibility index (Phi) is 5.39. The van der Waals surface area contributed by atoms with Gasteiger partial charge in [-0.2, -0.15) is 0 Å². The van der Waals surface area contributed by atoms with Gasteiger partial charge in [-0.3, -0.25) is 14.9 Å². The van der Waals surface area contributed by atoms with E-state index in [1.807, 2.05) is 0 Å². The highest BCUT2D eigenvalue weighted by Crippen LogP contribution is 2.32. The van der Waals surface area contributed by atoms with Crippen molar-refractivity contribution in [3.05, 3.63) is 81.0 Å². The maximum Gasteiger partial charge on any atom is 0.335 e. The number of rotatable bonds is 3. The Bertz CT molecular complexity index is 1220. The summed E-state index contributed by atoms with van der Waals surface area (Å²) >= 11 is 18.0. The van der Waals surface area contributed by atoms with E-state index >= 15 is 0 Å². The third-order valence-electron chi connectivity index (χ3n) is 4.30. The molecule has 1 aromatic heterocycles. The summed E-state index contributed by atoms with van der Waals surface area (Å²) in [5.41, 5.74) is 0.615. The molecule has 150 valence electrons. The number of nitrogens with one attached hydrogen (secondary N) is 1. The second-order valence-electron chi connectivity index (χ2n) is 6.26. The third-order valence-corrected chi connectivity index (χ3v) is 5.10. The lowest BCUT2D eigenvalue weighted by Crippen LogP contribution is -2.54. The number of hydrogen-bond acceptors (Lipinski definition) is 4. The van der Waals surface area contributed by atoms with Crippen LogP contribution in [-0.2, 0) is 9.59 Å². The minimum atomic E-state index is -0.849. The van der Waals surface area contributed by atoms with E-state index < -0.39 is 17.8 Å². The van der Waals surface area contributed by atoms with Crippen molar-refractivity contribution in [2.24, 2.45) is 0 Å². The Morgan fingerprint density at radius 1 is 0.867 bits per heavy atom. The summed E-state index contributed by atoms with van der Waals surface area (Å²) in [4.78, 5) is 38.2. The first-order valence-corrected chi connectivity index (χ1v) is 9.69. The summed E-state index contributed by atoms with van der Waals surface area (Å²) in [5, 5.41) is 3.46. The van der Waals surface area contributed by atoms with Gasteiger partial charge < -0.3 is 4.42 Å². The van der Waals surface area contributed by atoms with Crippen LogP contribution in [0.1, 0.15) is 5.76 Å². The quantitative estimate of drug-likeness (QED) is 0.408. The lowest BCUT2D eigenvalue weighted by Gasteiger charge is -2.26. The molecular weight excluding hydrogens is 451 g/mol. The van der Waals surface area contributed by atoms with Crippen LogP contribution in [0.2, 0.25) is 15.1 Å². The fraction of sp³-hybridized carbons (Fsp3) is 0. The number of barbiturate groups is 1. The molecule has 1 N–H and O–H groups in total. The molecule has 0 aliphatic carbocycles. The number of benzene rings is 2. The Morgan fingerprint density at radius 2 is 1.57 bits per heavy atom. The molecule has 1 saturated heterocycles. The standard InChI is InChI=1S/C21H11Cl3N2O4/c22-11-1-4-13(5-2-11)26-20(28)16(19(27)25-21(26)29)10-14-6-8-18(30-14)15-7-3-12(23)9-17(15)24/h1-10H,(H,25,27,29). The number of nitrogens with zero attached hydrogens (tertiary/aromatic N) is 1. The van der Waals surface area contributed by atoms with E-state index in [1.165, 1.54) is 30.3 Å². The van der Waals surface area contributed by atoms with E-state index in [1.54, 1.807) is 30.3 Å². The summed E-state index contributed by atoms with van der Waals surface area (Å²) in [7, 11) is 0. The predicted molar refractivity (Wildman–Crippen MR) is 115 cm³/mol. The van der Waals surface area contributed by atoms with Gasteiger partial charge in [0.15, 0.2) is 0 Å². The van der Waals surface area contributed by atoms with Crippen LogP contribution >= 0.6 is 34.8 Å². The first-order valence-electron chi connectivity index (χ1n) is 8.56. The largest absolute Gasteiger partial charge is 0.457 e. The van der Waals surface area contributed by atoms with Gasteiger partial charge in [0, 0.05) is 15.6 Å². The van der Waals surface area contributed by atoms with Crippen LogP contribution in [0.25, 0.3) is 17.4 Å². The first kappa shape index (κ1) is 20.2. The minimum Gasteiger partial charge on any atom is -0.457 e. The number of carbonyl (C=O) groups excluding carboxylic acids is 3. The van der Waals surface area contributed by atoms with Gasteiger partial charge in [0.05, 0.1) is 10.7 Å². The Morgan fingerprint density at radius 3 is 2.27 bits per heavy atom. The normalized spacial score (nSPS) is 15.6. The summed E-state index contributed by atoms with van der Waals surface area (Å²) < 4.78 is 5.72. The van der Waals surface area contributed by atoms with Gasteiger partial charge >= 0.3 is 6.03 Å². The highest BCUT2D eigenvalue weighted by molar-refractivity contribution is 6.39. The number of urea groups is 1. The molecule has 0 unspecified atom stereocenters. The minimum absolute atomic E-state index is 0.236. The second kappa shape index (κ2) is 7.99. The van der Waals surface area contributed by atoms with Gasteiger partial charge in [-0.15, -0.1) is 0 Å². The van der Waals surface area contributed by atoms with Crippen molar-refractivity contribution in [2.45, 2.75) is 0 Å². The first-order chi connectivity index (χ1) is 14.3. The molecule has 1 aliphatic heterocycles. The van der Waals surface area contributed by atoms with Crippen molar-refractivity contribution in [2.75, 3.05) is 4.90 Å². The lowest BCUT2D eigenvalue weighted by molar-refractivity contribution is -0.122. The van der Waals surface area contributed by atoms with E-state index in [4.69, 9.17) is 39.2 Å². The fourth-order valence-corrected chi connectivity index (χ4v) is 3.52. The number of amides is 4. The number of furan rings is 1. The number of anilines is 1. The second-order valence-corrected chi connectivity index (χ2v) is 7.54. The van der Waals surface area contributed by atoms with E-state index in [2.05, 4.69) is 5.32 Å². The number of imide groups is 2. The van der Waals surface area contributed by atoms with Crippen LogP contribution in [0.4, 0.5) is 10.5 Å². The van der Waals surface area contributed by atoms with Crippen LogP contribution < -0.4 is 10.2 Å². The molecule has 0 radical (unpaired) electrons. The molecule has 1 fully saturated rings. The van der Waals surface area contributed by atoms with E-state index in [9.17, 15) is 14.4 Å². The van der Waals surface area contributed by atoms with Crippen molar-refractivity contribution in [1.82, 2.24) is 5.32 Å². The Balaban J connectivity index is 1.68. The molecule has 4 amide bonds. The average Bonchev–Trinajstić information content (AvgIpc) is 3.15. The topological polar surface area (TPSA) is 79.6 Å². The summed E-state index contributed by atoms with van der Waals surface area (Å²) in [6.07, 6.45) is 1.26. The zero-order valence-corrected chi connectivity index (χ0v) is 17.3. The van der Waals surface area contributed by atoms with Gasteiger partial charge in [0.2, 0.25) is 0 Å². The van der Waals surface area contributed by atoms with Crippen molar-refractivity contribution in [3.63, 3.8) is 0 Å². The predicted octanol–water partition coefficient (Wildman–Crippen LogP) is 5.57. The van der Waals surface area contributed by atoms with E-state index in [0.29, 0.717) is 26.4 Å². The summed E-state index contributed by atoms with van der Waals surface area (Å²) in [6.45, 7) is 0. The van der Waals surface area contributed by atoms with Gasteiger partial charge in [-0.1, -0.05) is 34.8 Å². The van der Waals surface area contributed by atoms with Crippen LogP contribution in [0, 0.1) is 0 Å². The molecule has 3 aromatic rings. The Labute approximate surface area is 185 Å². The maximum atomic E-state index is 12.9. The SMILES string of the molecule is O=C1NC(=O)N(c2ccc(Cl)cc2)C(=O)C1=Cc1ccc(-c2ccc(Cl)cc2Cl)o1. The van der Waals surface area contributed by atoms with Crippen LogP contribution in [-0.4, -0.2) is 17.8 Å². The van der Waals surface area contributed by atoms with Gasteiger partial charge in [0.1, 0.15) is 17.1 Å². The van der Waals surface area contributed by atoms with Gasteiger partial charge in [-0.05, 0) is 60.7 Å². The molecule has 2 heterocycles. The number of carbonyl (C=O) groups is 3. The monoisotopic (exact) mass is 460 g/mol. The summed E-state index contributed by atoms with van der Waals surface area (Å²) in [5.74, 6) is -0.941. The zero-order valence-electron chi connectivity index (χ0n) is 15.0. The number of halogens is 3. The molecular formula is C21H11Cl3N2O4. The van der Waals surface area contributed by atoms with Gasteiger partial charge in [0.25, 0.3) is 11.8 Å². The molecule has 6 nitrogen and oxygen atoms in total. The number of hydrogen-bond donors (Lipinski definition) is 1. The van der Waals surface area contributed by atoms with E-state index in [-0.39, 0.29) is 17.0 Å².